The lowest BCUT2D eigenvalue weighted by Gasteiger charge is -2.19. The maximum Gasteiger partial charge on any atom is 0.221 e. The number of carbonyl (C=O) groups excluding carboxylic acids is 1. The van der Waals surface area contributed by atoms with Crippen LogP contribution in [0, 0.1) is 5.82 Å². The van der Waals surface area contributed by atoms with Crippen molar-refractivity contribution in [3.63, 3.8) is 0 Å². The van der Waals surface area contributed by atoms with E-state index in [1.807, 2.05) is 48.1 Å². The van der Waals surface area contributed by atoms with Crippen molar-refractivity contribution in [3.8, 4) is 0 Å². The number of hydrogen-bond acceptors (Lipinski definition) is 2. The molecule has 0 aliphatic heterocycles. The van der Waals surface area contributed by atoms with Gasteiger partial charge in [0.15, 0.2) is 0 Å². The fourth-order valence-corrected chi connectivity index (χ4v) is 2.74. The number of imidazole rings is 1. The van der Waals surface area contributed by atoms with Crippen LogP contribution in [0.3, 0.4) is 0 Å². The van der Waals surface area contributed by atoms with Crippen LogP contribution in [0.5, 0.6) is 0 Å². The molecule has 0 aliphatic rings. The first-order valence-corrected chi connectivity index (χ1v) is 8.19. The zero-order valence-corrected chi connectivity index (χ0v) is 14.0. The second-order valence-electron chi connectivity index (χ2n) is 5.93. The lowest BCUT2D eigenvalue weighted by atomic mass is 10.0. The molecule has 0 unspecified atom stereocenters. The Morgan fingerprint density at radius 3 is 2.52 bits per heavy atom. The van der Waals surface area contributed by atoms with Gasteiger partial charge in [-0.3, -0.25) is 4.79 Å². The van der Waals surface area contributed by atoms with E-state index in [-0.39, 0.29) is 17.8 Å². The Labute approximate surface area is 146 Å². The second-order valence-corrected chi connectivity index (χ2v) is 5.93. The molecule has 4 nitrogen and oxygen atoms in total. The van der Waals surface area contributed by atoms with Crippen LogP contribution in [0.4, 0.5) is 4.39 Å². The normalized spacial score (nSPS) is 11.9. The molecule has 0 spiro atoms. The van der Waals surface area contributed by atoms with Crippen molar-refractivity contribution < 1.29 is 9.18 Å². The molecule has 1 amide bonds. The molecule has 0 saturated carbocycles. The van der Waals surface area contributed by atoms with Gasteiger partial charge in [0.2, 0.25) is 5.91 Å². The van der Waals surface area contributed by atoms with Crippen molar-refractivity contribution in [1.29, 1.82) is 0 Å². The zero-order valence-electron chi connectivity index (χ0n) is 14.0. The molecule has 2 aromatic carbocycles. The van der Waals surface area contributed by atoms with Crippen LogP contribution >= 0.6 is 0 Å². The molecule has 0 aliphatic carbocycles. The first-order chi connectivity index (χ1) is 12.1. The molecule has 1 heterocycles. The maximum atomic E-state index is 13.0. The third-order valence-electron chi connectivity index (χ3n) is 4.11. The van der Waals surface area contributed by atoms with E-state index in [9.17, 15) is 9.18 Å². The van der Waals surface area contributed by atoms with Crippen molar-refractivity contribution in [1.82, 2.24) is 14.9 Å². The Morgan fingerprint density at radius 1 is 1.16 bits per heavy atom. The monoisotopic (exact) mass is 337 g/mol. The summed E-state index contributed by atoms with van der Waals surface area (Å²) < 4.78 is 14.9. The van der Waals surface area contributed by atoms with E-state index in [1.165, 1.54) is 12.1 Å². The van der Waals surface area contributed by atoms with E-state index in [2.05, 4.69) is 10.3 Å². The summed E-state index contributed by atoms with van der Waals surface area (Å²) in [6.07, 6.45) is 4.47. The second kappa shape index (κ2) is 7.75. The molecule has 128 valence electrons. The molecule has 25 heavy (non-hydrogen) atoms. The summed E-state index contributed by atoms with van der Waals surface area (Å²) in [5.74, 6) is 0.439. The predicted octanol–water partition coefficient (Wildman–Crippen LogP) is 3.40. The number of nitrogens with one attached hydrogen (secondary N) is 1. The van der Waals surface area contributed by atoms with Crippen LogP contribution in [-0.4, -0.2) is 15.5 Å². The lowest BCUT2D eigenvalue weighted by molar-refractivity contribution is -0.121. The number of aryl methyl sites for hydroxylation is 2. The number of halogens is 1. The largest absolute Gasteiger partial charge is 0.342 e. The summed E-state index contributed by atoms with van der Waals surface area (Å²) in [5.41, 5.74) is 1.91. The molecule has 5 heteroatoms. The van der Waals surface area contributed by atoms with E-state index < -0.39 is 0 Å². The number of carbonyl (C=O) groups is 1. The average molecular weight is 337 g/mol. The standard InChI is InChI=1S/C20H20FN3O/c1-24-14-13-22-20(24)19(16-5-3-2-4-6-16)23-18(25)12-9-15-7-10-17(21)11-8-15/h2-8,10-11,13-14,19H,9,12H2,1H3,(H,23,25)/t19-/m1/s1. The third kappa shape index (κ3) is 4.32. The molecule has 0 radical (unpaired) electrons. The van der Waals surface area contributed by atoms with E-state index >= 15 is 0 Å². The Balaban J connectivity index is 1.71. The maximum absolute atomic E-state index is 13.0. The Bertz CT molecular complexity index is 828. The number of rotatable bonds is 6. The lowest BCUT2D eigenvalue weighted by Crippen LogP contribution is -2.31. The van der Waals surface area contributed by atoms with Gasteiger partial charge in [-0.05, 0) is 29.7 Å². The molecule has 1 N–H and O–H groups in total. The van der Waals surface area contributed by atoms with Crippen LogP contribution in [0.25, 0.3) is 0 Å². The Hall–Kier alpha value is -2.95. The highest BCUT2D eigenvalue weighted by Gasteiger charge is 2.20. The molecule has 0 fully saturated rings. The van der Waals surface area contributed by atoms with Crippen LogP contribution in [-0.2, 0) is 18.3 Å². The fourth-order valence-electron chi connectivity index (χ4n) is 2.74. The van der Waals surface area contributed by atoms with Gasteiger partial charge in [-0.1, -0.05) is 42.5 Å². The quantitative estimate of drug-likeness (QED) is 0.749. The number of aromatic nitrogens is 2. The summed E-state index contributed by atoms with van der Waals surface area (Å²) in [7, 11) is 1.91. The van der Waals surface area contributed by atoms with Crippen molar-refractivity contribution >= 4 is 5.91 Å². The minimum atomic E-state index is -0.304. The van der Waals surface area contributed by atoms with Crippen molar-refractivity contribution in [3.05, 3.63) is 89.8 Å². The van der Waals surface area contributed by atoms with E-state index in [1.54, 1.807) is 18.3 Å². The summed E-state index contributed by atoms with van der Waals surface area (Å²) in [5, 5.41) is 3.06. The highest BCUT2D eigenvalue weighted by atomic mass is 19.1. The SMILES string of the molecule is Cn1ccnc1[C@H](NC(=O)CCc1ccc(F)cc1)c1ccccc1. The summed E-state index contributed by atoms with van der Waals surface area (Å²) in [6, 6.07) is 15.7. The van der Waals surface area contributed by atoms with Gasteiger partial charge in [-0.2, -0.15) is 0 Å². The van der Waals surface area contributed by atoms with Crippen molar-refractivity contribution in [2.75, 3.05) is 0 Å². The minimum absolute atomic E-state index is 0.0684. The van der Waals surface area contributed by atoms with Gasteiger partial charge in [0.05, 0.1) is 0 Å². The Morgan fingerprint density at radius 2 is 1.88 bits per heavy atom. The highest BCUT2D eigenvalue weighted by molar-refractivity contribution is 5.77. The van der Waals surface area contributed by atoms with Gasteiger partial charge in [0.25, 0.3) is 0 Å². The van der Waals surface area contributed by atoms with Gasteiger partial charge in [0, 0.05) is 25.9 Å². The number of nitrogens with zero attached hydrogens (tertiary/aromatic N) is 2. The highest BCUT2D eigenvalue weighted by Crippen LogP contribution is 2.20. The zero-order chi connectivity index (χ0) is 17.6. The van der Waals surface area contributed by atoms with E-state index in [4.69, 9.17) is 0 Å². The summed E-state index contributed by atoms with van der Waals surface area (Å²) in [6.45, 7) is 0. The number of amides is 1. The Kier molecular flexibility index (Phi) is 5.23. The summed E-state index contributed by atoms with van der Waals surface area (Å²) >= 11 is 0. The minimum Gasteiger partial charge on any atom is -0.342 e. The van der Waals surface area contributed by atoms with E-state index in [0.717, 1.165) is 17.0 Å². The molecular weight excluding hydrogens is 317 g/mol. The van der Waals surface area contributed by atoms with Crippen LogP contribution in [0.15, 0.2) is 67.0 Å². The molecule has 3 aromatic rings. The van der Waals surface area contributed by atoms with Gasteiger partial charge in [-0.15, -0.1) is 0 Å². The first kappa shape index (κ1) is 16.9. The molecule has 1 atom stereocenters. The van der Waals surface area contributed by atoms with Gasteiger partial charge in [0.1, 0.15) is 17.7 Å². The molecule has 1 aromatic heterocycles. The predicted molar refractivity (Wildman–Crippen MR) is 94.4 cm³/mol. The first-order valence-electron chi connectivity index (χ1n) is 8.19. The summed E-state index contributed by atoms with van der Waals surface area (Å²) in [4.78, 5) is 16.8. The number of hydrogen-bond donors (Lipinski definition) is 1. The van der Waals surface area contributed by atoms with Crippen molar-refractivity contribution in [2.45, 2.75) is 18.9 Å². The van der Waals surface area contributed by atoms with Crippen molar-refractivity contribution in [2.24, 2.45) is 7.05 Å². The fraction of sp³-hybridized carbons (Fsp3) is 0.200. The molecule has 0 saturated heterocycles. The molecule has 0 bridgehead atoms. The van der Waals surface area contributed by atoms with Gasteiger partial charge in [-0.25, -0.2) is 9.37 Å². The third-order valence-corrected chi connectivity index (χ3v) is 4.11. The molecule has 3 rings (SSSR count). The van der Waals surface area contributed by atoms with Gasteiger partial charge >= 0.3 is 0 Å². The van der Waals surface area contributed by atoms with Crippen LogP contribution < -0.4 is 5.32 Å². The van der Waals surface area contributed by atoms with E-state index in [0.29, 0.717) is 12.8 Å². The number of benzene rings is 2. The van der Waals surface area contributed by atoms with Gasteiger partial charge < -0.3 is 9.88 Å². The average Bonchev–Trinajstić information content (AvgIpc) is 3.06. The van der Waals surface area contributed by atoms with Crippen LogP contribution in [0.1, 0.15) is 29.4 Å². The van der Waals surface area contributed by atoms with Crippen LogP contribution in [0.2, 0.25) is 0 Å². The molecular formula is C20H20FN3O. The smallest absolute Gasteiger partial charge is 0.221 e. The topological polar surface area (TPSA) is 46.9 Å².